The van der Waals surface area contributed by atoms with E-state index in [2.05, 4.69) is 11.9 Å². The molecule has 1 N–H and O–H groups in total. The summed E-state index contributed by atoms with van der Waals surface area (Å²) in [5.74, 6) is 0. The van der Waals surface area contributed by atoms with Crippen LogP contribution >= 0.6 is 11.3 Å². The molecule has 1 aliphatic carbocycles. The third-order valence-corrected chi connectivity index (χ3v) is 3.51. The number of hydrogen-bond acceptors (Lipinski definition) is 3. The fourth-order valence-corrected chi connectivity index (χ4v) is 2.04. The third kappa shape index (κ3) is 1.19. The fourth-order valence-electron chi connectivity index (χ4n) is 1.06. The Morgan fingerprint density at radius 2 is 2.45 bits per heavy atom. The zero-order valence-corrected chi connectivity index (χ0v) is 7.32. The van der Waals surface area contributed by atoms with E-state index in [9.17, 15) is 0 Å². The van der Waals surface area contributed by atoms with Gasteiger partial charge in [-0.3, -0.25) is 0 Å². The van der Waals surface area contributed by atoms with E-state index < -0.39 is 0 Å². The van der Waals surface area contributed by atoms with Crippen molar-refractivity contribution < 1.29 is 5.11 Å². The summed E-state index contributed by atoms with van der Waals surface area (Å²) in [5.41, 5.74) is 0.359. The van der Waals surface area contributed by atoms with Crippen molar-refractivity contribution in [2.75, 3.05) is 0 Å². The fraction of sp³-hybridized carbons (Fsp3) is 0.625. The van der Waals surface area contributed by atoms with Crippen LogP contribution in [0.4, 0.5) is 0 Å². The van der Waals surface area contributed by atoms with Crippen LogP contribution in [0, 0.1) is 0 Å². The van der Waals surface area contributed by atoms with E-state index in [0.29, 0.717) is 5.41 Å². The highest BCUT2D eigenvalue weighted by atomic mass is 32.1. The molecule has 1 aromatic rings. The van der Waals surface area contributed by atoms with Crippen molar-refractivity contribution in [1.29, 1.82) is 0 Å². The average Bonchev–Trinajstić information content (AvgIpc) is 2.61. The molecule has 2 rings (SSSR count). The molecular weight excluding hydrogens is 158 g/mol. The van der Waals surface area contributed by atoms with Gasteiger partial charge >= 0.3 is 0 Å². The third-order valence-electron chi connectivity index (χ3n) is 2.23. The summed E-state index contributed by atoms with van der Waals surface area (Å²) in [7, 11) is 0. The van der Waals surface area contributed by atoms with E-state index in [0.717, 1.165) is 4.88 Å². The molecule has 1 heterocycles. The summed E-state index contributed by atoms with van der Waals surface area (Å²) < 4.78 is 0. The van der Waals surface area contributed by atoms with Gasteiger partial charge in [0.25, 0.3) is 0 Å². The molecule has 60 valence electrons. The van der Waals surface area contributed by atoms with Crippen molar-refractivity contribution in [2.24, 2.45) is 0 Å². The molecule has 1 fully saturated rings. The molecule has 0 saturated heterocycles. The number of aliphatic hydroxyl groups excluding tert-OH is 1. The summed E-state index contributed by atoms with van der Waals surface area (Å²) in [5, 5.41) is 10.0. The highest BCUT2D eigenvalue weighted by Crippen LogP contribution is 2.48. The maximum Gasteiger partial charge on any atom is 0.0987 e. The quantitative estimate of drug-likeness (QED) is 0.730. The normalized spacial score (nSPS) is 20.2. The number of thiazole rings is 1. The second kappa shape index (κ2) is 2.29. The minimum Gasteiger partial charge on any atom is -0.391 e. The highest BCUT2D eigenvalue weighted by molar-refractivity contribution is 7.11. The van der Waals surface area contributed by atoms with E-state index in [1.54, 1.807) is 17.5 Å². The second-order valence-electron chi connectivity index (χ2n) is 3.35. The van der Waals surface area contributed by atoms with Crippen molar-refractivity contribution in [3.63, 3.8) is 0 Å². The highest BCUT2D eigenvalue weighted by Gasteiger charge is 2.41. The van der Waals surface area contributed by atoms with Crippen LogP contribution in [-0.2, 0) is 12.0 Å². The molecule has 0 bridgehead atoms. The smallest absolute Gasteiger partial charge is 0.0987 e. The van der Waals surface area contributed by atoms with Gasteiger partial charge in [-0.25, -0.2) is 4.98 Å². The van der Waals surface area contributed by atoms with Crippen molar-refractivity contribution in [3.8, 4) is 0 Å². The van der Waals surface area contributed by atoms with Gasteiger partial charge in [0.15, 0.2) is 0 Å². The standard InChI is InChI=1S/C8H11NOS/c1-8(2-3-8)7-9-4-6(5-10)11-7/h4,10H,2-3,5H2,1H3. The summed E-state index contributed by atoms with van der Waals surface area (Å²) in [6, 6.07) is 0. The van der Waals surface area contributed by atoms with Gasteiger partial charge in [-0.05, 0) is 12.8 Å². The number of hydrogen-bond donors (Lipinski definition) is 1. The van der Waals surface area contributed by atoms with Crippen LogP contribution < -0.4 is 0 Å². The molecule has 0 atom stereocenters. The molecule has 11 heavy (non-hydrogen) atoms. The molecule has 3 heteroatoms. The first kappa shape index (κ1) is 7.25. The van der Waals surface area contributed by atoms with Crippen molar-refractivity contribution in [3.05, 3.63) is 16.1 Å². The van der Waals surface area contributed by atoms with Crippen LogP contribution in [0.25, 0.3) is 0 Å². The first-order valence-electron chi connectivity index (χ1n) is 3.81. The van der Waals surface area contributed by atoms with Crippen LogP contribution in [0.1, 0.15) is 29.7 Å². The lowest BCUT2D eigenvalue weighted by Gasteiger charge is -1.99. The van der Waals surface area contributed by atoms with E-state index in [-0.39, 0.29) is 6.61 Å². The molecule has 1 aliphatic rings. The van der Waals surface area contributed by atoms with Crippen LogP contribution in [0.2, 0.25) is 0 Å². The largest absolute Gasteiger partial charge is 0.391 e. The van der Waals surface area contributed by atoms with E-state index in [4.69, 9.17) is 5.11 Å². The van der Waals surface area contributed by atoms with Gasteiger partial charge in [-0.1, -0.05) is 6.92 Å². The molecular formula is C8H11NOS. The van der Waals surface area contributed by atoms with Gasteiger partial charge in [0.2, 0.25) is 0 Å². The second-order valence-corrected chi connectivity index (χ2v) is 4.47. The maximum absolute atomic E-state index is 8.81. The van der Waals surface area contributed by atoms with Gasteiger partial charge in [-0.2, -0.15) is 0 Å². The van der Waals surface area contributed by atoms with E-state index in [1.807, 2.05) is 0 Å². The van der Waals surface area contributed by atoms with Crippen molar-refractivity contribution in [2.45, 2.75) is 31.8 Å². The lowest BCUT2D eigenvalue weighted by atomic mass is 10.2. The van der Waals surface area contributed by atoms with Crippen LogP contribution in [-0.4, -0.2) is 10.1 Å². The Morgan fingerprint density at radius 1 is 1.73 bits per heavy atom. The molecule has 1 saturated carbocycles. The van der Waals surface area contributed by atoms with Crippen molar-refractivity contribution >= 4 is 11.3 Å². The van der Waals surface area contributed by atoms with Crippen LogP contribution in [0.5, 0.6) is 0 Å². The minimum absolute atomic E-state index is 0.133. The first-order valence-corrected chi connectivity index (χ1v) is 4.62. The molecule has 1 aromatic heterocycles. The first-order chi connectivity index (χ1) is 5.24. The predicted molar refractivity (Wildman–Crippen MR) is 44.6 cm³/mol. The predicted octanol–water partition coefficient (Wildman–Crippen LogP) is 1.69. The maximum atomic E-state index is 8.81. The summed E-state index contributed by atoms with van der Waals surface area (Å²) in [4.78, 5) is 5.26. The Labute approximate surface area is 69.9 Å². The lowest BCUT2D eigenvalue weighted by molar-refractivity contribution is 0.285. The van der Waals surface area contributed by atoms with Crippen molar-refractivity contribution in [1.82, 2.24) is 4.98 Å². The molecule has 0 amide bonds. The van der Waals surface area contributed by atoms with Gasteiger partial charge in [0, 0.05) is 11.6 Å². The molecule has 0 spiro atoms. The van der Waals surface area contributed by atoms with E-state index in [1.165, 1.54) is 17.8 Å². The Bertz CT molecular complexity index is 265. The van der Waals surface area contributed by atoms with E-state index >= 15 is 0 Å². The van der Waals surface area contributed by atoms with Crippen LogP contribution in [0.3, 0.4) is 0 Å². The Morgan fingerprint density at radius 3 is 2.91 bits per heavy atom. The number of aliphatic hydroxyl groups is 1. The number of nitrogens with zero attached hydrogens (tertiary/aromatic N) is 1. The van der Waals surface area contributed by atoms with Gasteiger partial charge in [-0.15, -0.1) is 11.3 Å². The van der Waals surface area contributed by atoms with Gasteiger partial charge < -0.3 is 5.11 Å². The zero-order chi connectivity index (χ0) is 7.90. The van der Waals surface area contributed by atoms with Gasteiger partial charge in [0.05, 0.1) is 16.5 Å². The molecule has 2 nitrogen and oxygen atoms in total. The Hall–Kier alpha value is -0.410. The Kier molecular flexibility index (Phi) is 1.51. The average molecular weight is 169 g/mol. The molecule has 0 aliphatic heterocycles. The lowest BCUT2D eigenvalue weighted by Crippen LogP contribution is -1.96. The summed E-state index contributed by atoms with van der Waals surface area (Å²) in [6.45, 7) is 2.36. The number of aromatic nitrogens is 1. The Balaban J connectivity index is 2.25. The van der Waals surface area contributed by atoms with Gasteiger partial charge in [0.1, 0.15) is 0 Å². The molecule has 0 unspecified atom stereocenters. The van der Waals surface area contributed by atoms with Crippen LogP contribution in [0.15, 0.2) is 6.20 Å². The molecule has 0 aromatic carbocycles. The number of rotatable bonds is 2. The minimum atomic E-state index is 0.133. The molecule has 0 radical (unpaired) electrons. The SMILES string of the molecule is CC1(c2ncc(CO)s2)CC1. The summed E-state index contributed by atoms with van der Waals surface area (Å²) in [6.07, 6.45) is 4.29. The topological polar surface area (TPSA) is 33.1 Å². The summed E-state index contributed by atoms with van der Waals surface area (Å²) >= 11 is 1.64. The zero-order valence-electron chi connectivity index (χ0n) is 6.50. The monoisotopic (exact) mass is 169 g/mol.